The number of esters is 1. The lowest BCUT2D eigenvalue weighted by molar-refractivity contribution is 0.0579. The Balaban J connectivity index is 3.04. The van der Waals surface area contributed by atoms with Gasteiger partial charge in [-0.3, -0.25) is 0 Å². The molecule has 0 unspecified atom stereocenters. The summed E-state index contributed by atoms with van der Waals surface area (Å²) in [4.78, 5) is 14.9. The van der Waals surface area contributed by atoms with Crippen molar-refractivity contribution in [3.8, 4) is 0 Å². The predicted octanol–water partition coefficient (Wildman–Crippen LogP) is 0.847. The third kappa shape index (κ3) is 1.63. The van der Waals surface area contributed by atoms with E-state index in [1.165, 1.54) is 11.8 Å². The predicted molar refractivity (Wildman–Crippen MR) is 44.7 cm³/mol. The Hall–Kier alpha value is -0.910. The first-order chi connectivity index (χ1) is 5.69. The Bertz CT molecular complexity index is 297. The fraction of sp³-hybridized carbons (Fsp3) is 0.500. The van der Waals surface area contributed by atoms with Crippen molar-refractivity contribution in [1.82, 2.24) is 14.8 Å². The molecule has 1 rings (SSSR count). The maximum atomic E-state index is 11.0. The van der Waals surface area contributed by atoms with Crippen LogP contribution in [0.25, 0.3) is 0 Å². The van der Waals surface area contributed by atoms with Gasteiger partial charge in [0.2, 0.25) is 10.6 Å². The number of ether oxygens (including phenoxy) is 1. The molecule has 0 N–H and O–H groups in total. The minimum Gasteiger partial charge on any atom is -0.463 e. The molecule has 0 amide bonds. The van der Waals surface area contributed by atoms with E-state index in [0.717, 1.165) is 0 Å². The number of methoxy groups -OCH3 is 1. The monoisotopic (exact) mass is 233 g/mol. The van der Waals surface area contributed by atoms with Crippen LogP contribution in [0, 0.1) is 0 Å². The lowest BCUT2D eigenvalue weighted by Gasteiger charge is -1.98. The van der Waals surface area contributed by atoms with Gasteiger partial charge in [0.15, 0.2) is 0 Å². The molecule has 0 bridgehead atoms. The van der Waals surface area contributed by atoms with Crippen molar-refractivity contribution in [2.45, 2.75) is 13.5 Å². The zero-order valence-corrected chi connectivity index (χ0v) is 8.33. The average molecular weight is 234 g/mol. The summed E-state index contributed by atoms with van der Waals surface area (Å²) in [6.07, 6.45) is 0. The van der Waals surface area contributed by atoms with Gasteiger partial charge in [0.25, 0.3) is 0 Å². The number of aryl methyl sites for hydroxylation is 1. The maximum Gasteiger partial charge on any atom is 0.375 e. The summed E-state index contributed by atoms with van der Waals surface area (Å²) >= 11 is 3.07. The lowest BCUT2D eigenvalue weighted by Crippen LogP contribution is -2.11. The van der Waals surface area contributed by atoms with Gasteiger partial charge in [-0.25, -0.2) is 9.48 Å². The van der Waals surface area contributed by atoms with Gasteiger partial charge in [0.05, 0.1) is 7.11 Å². The van der Waals surface area contributed by atoms with Crippen LogP contribution >= 0.6 is 15.9 Å². The first-order valence-corrected chi connectivity index (χ1v) is 4.17. The third-order valence-electron chi connectivity index (χ3n) is 1.31. The smallest absolute Gasteiger partial charge is 0.375 e. The lowest BCUT2D eigenvalue weighted by atomic mass is 10.6. The molecule has 0 aliphatic heterocycles. The molecule has 0 aliphatic rings. The Kier molecular flexibility index (Phi) is 2.80. The van der Waals surface area contributed by atoms with Crippen molar-refractivity contribution in [2.24, 2.45) is 0 Å². The van der Waals surface area contributed by atoms with Gasteiger partial charge in [-0.1, -0.05) is 0 Å². The van der Waals surface area contributed by atoms with Crippen LogP contribution in [-0.4, -0.2) is 27.8 Å². The topological polar surface area (TPSA) is 57.0 Å². The number of hydrogen-bond acceptors (Lipinski definition) is 4. The summed E-state index contributed by atoms with van der Waals surface area (Å²) in [7, 11) is 1.31. The highest BCUT2D eigenvalue weighted by Gasteiger charge is 2.15. The highest BCUT2D eigenvalue weighted by atomic mass is 79.9. The number of carbonyl (C=O) groups is 1. The van der Waals surface area contributed by atoms with Gasteiger partial charge in [-0.2, -0.15) is 4.98 Å². The molecule has 0 spiro atoms. The van der Waals surface area contributed by atoms with E-state index in [1.807, 2.05) is 6.92 Å². The summed E-state index contributed by atoms with van der Waals surface area (Å²) in [6, 6.07) is 0. The van der Waals surface area contributed by atoms with Gasteiger partial charge >= 0.3 is 5.97 Å². The molecule has 1 aromatic heterocycles. The fourth-order valence-corrected chi connectivity index (χ4v) is 1.14. The molecule has 5 nitrogen and oxygen atoms in total. The third-order valence-corrected chi connectivity index (χ3v) is 1.65. The molecule has 0 atom stereocenters. The molecule has 6 heteroatoms. The highest BCUT2D eigenvalue weighted by molar-refractivity contribution is 9.10. The molecule has 1 heterocycles. The molecule has 0 aliphatic carbocycles. The normalized spacial score (nSPS) is 9.92. The number of hydrogen-bond donors (Lipinski definition) is 0. The molecular formula is C6H8BrN3O2. The van der Waals surface area contributed by atoms with Crippen LogP contribution in [0.15, 0.2) is 4.73 Å². The summed E-state index contributed by atoms with van der Waals surface area (Å²) in [5.41, 5.74) is 0. The quantitative estimate of drug-likeness (QED) is 0.711. The van der Waals surface area contributed by atoms with Crippen molar-refractivity contribution in [1.29, 1.82) is 0 Å². The van der Waals surface area contributed by atoms with E-state index in [0.29, 0.717) is 11.3 Å². The van der Waals surface area contributed by atoms with Gasteiger partial charge in [-0.15, -0.1) is 5.10 Å². The number of carbonyl (C=O) groups excluding carboxylic acids is 1. The molecule has 0 aromatic carbocycles. The Labute approximate surface area is 77.9 Å². The molecule has 0 saturated carbocycles. The average Bonchev–Trinajstić information content (AvgIpc) is 2.45. The van der Waals surface area contributed by atoms with E-state index in [2.05, 4.69) is 30.7 Å². The van der Waals surface area contributed by atoms with Gasteiger partial charge in [-0.05, 0) is 22.9 Å². The summed E-state index contributed by atoms with van der Waals surface area (Å²) in [6.45, 7) is 2.45. The van der Waals surface area contributed by atoms with Crippen molar-refractivity contribution < 1.29 is 9.53 Å². The number of aromatic nitrogens is 3. The molecular weight excluding hydrogens is 226 g/mol. The molecule has 1 aromatic rings. The second-order valence-corrected chi connectivity index (χ2v) is 2.72. The van der Waals surface area contributed by atoms with E-state index >= 15 is 0 Å². The van der Waals surface area contributed by atoms with Crippen molar-refractivity contribution in [3.63, 3.8) is 0 Å². The molecule has 66 valence electrons. The van der Waals surface area contributed by atoms with E-state index in [9.17, 15) is 4.79 Å². The molecule has 0 fully saturated rings. The van der Waals surface area contributed by atoms with E-state index in [-0.39, 0.29) is 5.82 Å². The van der Waals surface area contributed by atoms with Gasteiger partial charge in [0, 0.05) is 6.54 Å². The van der Waals surface area contributed by atoms with Crippen LogP contribution in [0.5, 0.6) is 0 Å². The van der Waals surface area contributed by atoms with Crippen molar-refractivity contribution in [2.75, 3.05) is 7.11 Å². The van der Waals surface area contributed by atoms with Crippen molar-refractivity contribution >= 4 is 21.9 Å². The minimum absolute atomic E-state index is 0.215. The molecule has 0 radical (unpaired) electrons. The van der Waals surface area contributed by atoms with Crippen molar-refractivity contribution in [3.05, 3.63) is 10.6 Å². The zero-order valence-electron chi connectivity index (χ0n) is 6.74. The number of halogens is 1. The van der Waals surface area contributed by atoms with E-state index in [4.69, 9.17) is 0 Å². The first kappa shape index (κ1) is 9.18. The van der Waals surface area contributed by atoms with Crippen LogP contribution in [0.4, 0.5) is 0 Å². The summed E-state index contributed by atoms with van der Waals surface area (Å²) < 4.78 is 6.37. The largest absolute Gasteiger partial charge is 0.463 e. The van der Waals surface area contributed by atoms with Gasteiger partial charge in [0.1, 0.15) is 0 Å². The Morgan fingerprint density at radius 2 is 2.42 bits per heavy atom. The number of rotatable bonds is 2. The minimum atomic E-state index is -0.477. The summed E-state index contributed by atoms with van der Waals surface area (Å²) in [5, 5.41) is 3.92. The molecule has 12 heavy (non-hydrogen) atoms. The van der Waals surface area contributed by atoms with Crippen LogP contribution in [0.1, 0.15) is 17.5 Å². The first-order valence-electron chi connectivity index (χ1n) is 3.37. The van der Waals surface area contributed by atoms with Crippen LogP contribution in [0.3, 0.4) is 0 Å². The van der Waals surface area contributed by atoms with E-state index in [1.54, 1.807) is 0 Å². The standard InChI is InChI=1S/C6H8BrN3O2/c1-3-10-4(5(11)12-2)8-6(7)9-10/h3H2,1-2H3. The maximum absolute atomic E-state index is 11.0. The van der Waals surface area contributed by atoms with E-state index < -0.39 is 5.97 Å². The van der Waals surface area contributed by atoms with Gasteiger partial charge < -0.3 is 4.74 Å². The number of nitrogens with zero attached hydrogens (tertiary/aromatic N) is 3. The zero-order chi connectivity index (χ0) is 9.14. The van der Waals surface area contributed by atoms with Crippen LogP contribution in [0.2, 0.25) is 0 Å². The van der Waals surface area contributed by atoms with Crippen LogP contribution in [-0.2, 0) is 11.3 Å². The van der Waals surface area contributed by atoms with Crippen LogP contribution < -0.4 is 0 Å². The highest BCUT2D eigenvalue weighted by Crippen LogP contribution is 2.05. The molecule has 0 saturated heterocycles. The second-order valence-electron chi connectivity index (χ2n) is 2.01. The Morgan fingerprint density at radius 3 is 2.92 bits per heavy atom. The Morgan fingerprint density at radius 1 is 1.75 bits per heavy atom. The second kappa shape index (κ2) is 3.66. The SMILES string of the molecule is CCn1nc(Br)nc1C(=O)OC. The fourth-order valence-electron chi connectivity index (χ4n) is 0.777. The summed E-state index contributed by atoms with van der Waals surface area (Å²) in [5.74, 6) is -0.262.